The molecule has 0 spiro atoms. The van der Waals surface area contributed by atoms with Crippen molar-refractivity contribution in [2.75, 3.05) is 13.1 Å². The maximum Gasteiger partial charge on any atom is 0.243 e. The molecular weight excluding hydrogens is 284 g/mol. The van der Waals surface area contributed by atoms with Gasteiger partial charge in [-0.1, -0.05) is 27.7 Å². The van der Waals surface area contributed by atoms with E-state index in [1.807, 2.05) is 27.7 Å². The highest BCUT2D eigenvalue weighted by molar-refractivity contribution is 7.89. The molecule has 0 bridgehead atoms. The van der Waals surface area contributed by atoms with Crippen LogP contribution in [0.4, 0.5) is 8.78 Å². The number of hydrogen-bond donors (Lipinski definition) is 0. The minimum absolute atomic E-state index is 0.147. The van der Waals surface area contributed by atoms with E-state index in [0.717, 1.165) is 18.2 Å². The van der Waals surface area contributed by atoms with Crippen LogP contribution in [-0.2, 0) is 10.0 Å². The largest absolute Gasteiger partial charge is 0.243 e. The number of benzene rings is 1. The van der Waals surface area contributed by atoms with Crippen molar-refractivity contribution < 1.29 is 17.2 Å². The Kier molecular flexibility index (Phi) is 5.65. The van der Waals surface area contributed by atoms with Crippen molar-refractivity contribution in [1.82, 2.24) is 4.31 Å². The Morgan fingerprint density at radius 1 is 1.00 bits per heavy atom. The summed E-state index contributed by atoms with van der Waals surface area (Å²) < 4.78 is 52.5. The lowest BCUT2D eigenvalue weighted by Gasteiger charge is -2.25. The maximum absolute atomic E-state index is 13.2. The van der Waals surface area contributed by atoms with Crippen LogP contribution < -0.4 is 0 Å². The van der Waals surface area contributed by atoms with E-state index >= 15 is 0 Å². The van der Waals surface area contributed by atoms with Gasteiger partial charge in [-0.15, -0.1) is 0 Å². The summed E-state index contributed by atoms with van der Waals surface area (Å²) in [5.74, 6) is -1.91. The Bertz CT molecular complexity index is 546. The summed E-state index contributed by atoms with van der Waals surface area (Å²) in [5, 5.41) is 0. The van der Waals surface area contributed by atoms with Crippen molar-refractivity contribution >= 4 is 10.0 Å². The van der Waals surface area contributed by atoms with E-state index < -0.39 is 21.7 Å². The van der Waals surface area contributed by atoms with Gasteiger partial charge in [-0.25, -0.2) is 17.2 Å². The summed E-state index contributed by atoms with van der Waals surface area (Å²) in [7, 11) is -3.80. The van der Waals surface area contributed by atoms with Crippen molar-refractivity contribution in [3.05, 3.63) is 29.8 Å². The Labute approximate surface area is 119 Å². The molecule has 3 nitrogen and oxygen atoms in total. The molecule has 1 aromatic carbocycles. The van der Waals surface area contributed by atoms with Gasteiger partial charge in [-0.2, -0.15) is 4.31 Å². The summed E-state index contributed by atoms with van der Waals surface area (Å²) in [5.41, 5.74) is 0. The lowest BCUT2D eigenvalue weighted by atomic mass is 10.2. The number of hydrogen-bond acceptors (Lipinski definition) is 2. The summed E-state index contributed by atoms with van der Waals surface area (Å²) in [6.45, 7) is 8.34. The molecule has 0 amide bonds. The van der Waals surface area contributed by atoms with E-state index in [2.05, 4.69) is 0 Å². The van der Waals surface area contributed by atoms with Crippen LogP contribution in [0.15, 0.2) is 23.1 Å². The summed E-state index contributed by atoms with van der Waals surface area (Å²) >= 11 is 0. The molecule has 1 aromatic rings. The third kappa shape index (κ3) is 4.24. The zero-order chi connectivity index (χ0) is 15.5. The molecule has 0 N–H and O–H groups in total. The number of rotatable bonds is 6. The molecule has 0 atom stereocenters. The van der Waals surface area contributed by atoms with Crippen LogP contribution in [0, 0.1) is 23.5 Å². The first kappa shape index (κ1) is 17.0. The van der Waals surface area contributed by atoms with E-state index in [1.165, 1.54) is 4.31 Å². The van der Waals surface area contributed by atoms with Crippen molar-refractivity contribution in [2.24, 2.45) is 11.8 Å². The van der Waals surface area contributed by atoms with E-state index in [-0.39, 0.29) is 16.7 Å². The van der Waals surface area contributed by atoms with Crippen molar-refractivity contribution in [3.63, 3.8) is 0 Å². The summed E-state index contributed by atoms with van der Waals surface area (Å²) in [6.07, 6.45) is 0. The smallest absolute Gasteiger partial charge is 0.207 e. The molecular formula is C14H21F2NO2S. The Balaban J connectivity index is 3.17. The molecule has 0 aliphatic heterocycles. The van der Waals surface area contributed by atoms with Crippen LogP contribution in [0.1, 0.15) is 27.7 Å². The number of halogens is 2. The SMILES string of the molecule is CC(C)CN(CC(C)C)S(=O)(=O)c1ccc(F)c(F)c1. The van der Waals surface area contributed by atoms with Gasteiger partial charge in [0.2, 0.25) is 10.0 Å². The molecule has 0 aromatic heterocycles. The molecule has 1 rings (SSSR count). The van der Waals surface area contributed by atoms with E-state index in [9.17, 15) is 17.2 Å². The van der Waals surface area contributed by atoms with Crippen molar-refractivity contribution in [3.8, 4) is 0 Å². The average molecular weight is 305 g/mol. The zero-order valence-corrected chi connectivity index (χ0v) is 13.0. The van der Waals surface area contributed by atoms with Gasteiger partial charge >= 0.3 is 0 Å². The number of sulfonamides is 1. The highest BCUT2D eigenvalue weighted by atomic mass is 32.2. The molecule has 0 aliphatic carbocycles. The maximum atomic E-state index is 13.2. The fourth-order valence-electron chi connectivity index (χ4n) is 1.87. The van der Waals surface area contributed by atoms with Gasteiger partial charge in [0.25, 0.3) is 0 Å². The topological polar surface area (TPSA) is 37.4 Å². The predicted molar refractivity (Wildman–Crippen MR) is 74.8 cm³/mol. The van der Waals surface area contributed by atoms with Crippen molar-refractivity contribution in [2.45, 2.75) is 32.6 Å². The monoisotopic (exact) mass is 305 g/mol. The van der Waals surface area contributed by atoms with Crippen LogP contribution in [0.3, 0.4) is 0 Å². The fraction of sp³-hybridized carbons (Fsp3) is 0.571. The van der Waals surface area contributed by atoms with Gasteiger partial charge in [0, 0.05) is 13.1 Å². The molecule has 0 saturated carbocycles. The van der Waals surface area contributed by atoms with Gasteiger partial charge in [0.1, 0.15) is 0 Å². The third-order valence-electron chi connectivity index (χ3n) is 2.67. The number of nitrogens with zero attached hydrogens (tertiary/aromatic N) is 1. The van der Waals surface area contributed by atoms with E-state index in [1.54, 1.807) is 0 Å². The highest BCUT2D eigenvalue weighted by Crippen LogP contribution is 2.20. The predicted octanol–water partition coefficient (Wildman–Crippen LogP) is 3.27. The summed E-state index contributed by atoms with van der Waals surface area (Å²) in [6, 6.07) is 2.67. The van der Waals surface area contributed by atoms with Crippen LogP contribution in [0.25, 0.3) is 0 Å². The van der Waals surface area contributed by atoms with Crippen LogP contribution >= 0.6 is 0 Å². The second kappa shape index (κ2) is 6.63. The molecule has 0 fully saturated rings. The van der Waals surface area contributed by atoms with Crippen LogP contribution in [0.5, 0.6) is 0 Å². The first-order chi connectivity index (χ1) is 9.14. The highest BCUT2D eigenvalue weighted by Gasteiger charge is 2.26. The zero-order valence-electron chi connectivity index (χ0n) is 12.2. The molecule has 0 heterocycles. The summed E-state index contributed by atoms with van der Waals surface area (Å²) in [4.78, 5) is -0.210. The van der Waals surface area contributed by atoms with Gasteiger partial charge in [0.05, 0.1) is 4.90 Å². The molecule has 114 valence electrons. The third-order valence-corrected chi connectivity index (χ3v) is 4.49. The first-order valence-electron chi connectivity index (χ1n) is 6.59. The van der Waals surface area contributed by atoms with Crippen LogP contribution in [0.2, 0.25) is 0 Å². The van der Waals surface area contributed by atoms with Gasteiger partial charge in [-0.05, 0) is 30.0 Å². The molecule has 0 saturated heterocycles. The molecule has 0 radical (unpaired) electrons. The molecule has 20 heavy (non-hydrogen) atoms. The minimum atomic E-state index is -3.80. The average Bonchev–Trinajstić information content (AvgIpc) is 2.30. The van der Waals surface area contributed by atoms with Gasteiger partial charge in [-0.3, -0.25) is 0 Å². The van der Waals surface area contributed by atoms with Gasteiger partial charge < -0.3 is 0 Å². The minimum Gasteiger partial charge on any atom is -0.207 e. The molecule has 0 unspecified atom stereocenters. The van der Waals surface area contributed by atoms with E-state index in [0.29, 0.717) is 13.1 Å². The first-order valence-corrected chi connectivity index (χ1v) is 8.03. The molecule has 0 aliphatic rings. The Hall–Kier alpha value is -1.01. The van der Waals surface area contributed by atoms with Crippen LogP contribution in [-0.4, -0.2) is 25.8 Å². The van der Waals surface area contributed by atoms with Gasteiger partial charge in [0.15, 0.2) is 11.6 Å². The van der Waals surface area contributed by atoms with E-state index in [4.69, 9.17) is 0 Å². The fourth-order valence-corrected chi connectivity index (χ4v) is 3.65. The second-order valence-corrected chi connectivity index (χ2v) is 7.62. The second-order valence-electron chi connectivity index (χ2n) is 5.69. The standard InChI is InChI=1S/C14H21F2NO2S/c1-10(2)8-17(9-11(3)4)20(18,19)12-5-6-13(15)14(16)7-12/h5-7,10-11H,8-9H2,1-4H3. The molecule has 6 heteroatoms. The lowest BCUT2D eigenvalue weighted by Crippen LogP contribution is -2.37. The lowest BCUT2D eigenvalue weighted by molar-refractivity contribution is 0.333. The Morgan fingerprint density at radius 2 is 1.50 bits per heavy atom. The quantitative estimate of drug-likeness (QED) is 0.809. The normalized spacial score (nSPS) is 12.7. The van der Waals surface area contributed by atoms with Crippen molar-refractivity contribution in [1.29, 1.82) is 0 Å². The Morgan fingerprint density at radius 3 is 1.90 bits per heavy atom.